The first-order chi connectivity index (χ1) is 16.1. The van der Waals surface area contributed by atoms with Crippen molar-refractivity contribution in [3.8, 4) is 0 Å². The first-order valence-corrected chi connectivity index (χ1v) is 11.8. The molecule has 0 aliphatic carbocycles. The number of thioether (sulfide) groups is 1. The van der Waals surface area contributed by atoms with Crippen LogP contribution >= 0.6 is 11.8 Å². The predicted octanol–water partition coefficient (Wildman–Crippen LogP) is 4.41. The Hall–Kier alpha value is -3.35. The fourth-order valence-corrected chi connectivity index (χ4v) is 4.74. The first kappa shape index (κ1) is 22.8. The molecule has 5 nitrogen and oxygen atoms in total. The van der Waals surface area contributed by atoms with Crippen LogP contribution in [-0.4, -0.2) is 43.4 Å². The summed E-state index contributed by atoms with van der Waals surface area (Å²) in [4.78, 5) is 31.3. The van der Waals surface area contributed by atoms with Crippen molar-refractivity contribution in [1.82, 2.24) is 10.2 Å². The Morgan fingerprint density at radius 1 is 0.970 bits per heavy atom. The highest BCUT2D eigenvalue weighted by atomic mass is 32.2. The molecule has 1 aliphatic rings. The summed E-state index contributed by atoms with van der Waals surface area (Å²) in [7, 11) is 2.03. The van der Waals surface area contributed by atoms with Crippen molar-refractivity contribution in [2.24, 2.45) is 0 Å². The molecule has 0 aromatic heterocycles. The van der Waals surface area contributed by atoms with E-state index in [0.717, 1.165) is 29.2 Å². The Morgan fingerprint density at radius 3 is 2.39 bits per heavy atom. The summed E-state index contributed by atoms with van der Waals surface area (Å²) in [6, 6.07) is 27.7. The molecule has 0 bridgehead atoms. The van der Waals surface area contributed by atoms with Crippen LogP contribution in [0.4, 0.5) is 5.69 Å². The zero-order valence-electron chi connectivity index (χ0n) is 18.6. The van der Waals surface area contributed by atoms with Crippen molar-refractivity contribution in [2.45, 2.75) is 11.4 Å². The van der Waals surface area contributed by atoms with E-state index in [1.807, 2.05) is 85.9 Å². The van der Waals surface area contributed by atoms with Crippen molar-refractivity contribution in [1.29, 1.82) is 0 Å². The Kier molecular flexibility index (Phi) is 7.60. The van der Waals surface area contributed by atoms with Crippen LogP contribution < -0.4 is 10.2 Å². The number of nitrogens with zero attached hydrogens (tertiary/aromatic N) is 2. The highest BCUT2D eigenvalue weighted by Crippen LogP contribution is 2.41. The molecule has 0 spiro atoms. The van der Waals surface area contributed by atoms with Crippen molar-refractivity contribution >= 4 is 35.3 Å². The smallest absolute Gasteiger partial charge is 0.265 e. The molecular weight excluding hydrogens is 430 g/mol. The van der Waals surface area contributed by atoms with E-state index in [0.29, 0.717) is 11.4 Å². The summed E-state index contributed by atoms with van der Waals surface area (Å²) in [5.41, 5.74) is 2.96. The van der Waals surface area contributed by atoms with Gasteiger partial charge in [-0.05, 0) is 36.4 Å². The second-order valence-corrected chi connectivity index (χ2v) is 9.04. The average molecular weight is 458 g/mol. The monoisotopic (exact) mass is 457 g/mol. The Morgan fingerprint density at radius 2 is 1.64 bits per heavy atom. The third kappa shape index (κ3) is 6.12. The number of likely N-dealkylation sites (N-methyl/N-ethyl adjacent to an activating group) is 1. The number of hydrogen-bond donors (Lipinski definition) is 1. The largest absolute Gasteiger partial charge is 0.353 e. The molecule has 0 fully saturated rings. The van der Waals surface area contributed by atoms with Crippen LogP contribution in [0.3, 0.4) is 0 Å². The van der Waals surface area contributed by atoms with Gasteiger partial charge < -0.3 is 10.2 Å². The number of carbonyl (C=O) groups excluding carboxylic acids is 2. The van der Waals surface area contributed by atoms with Crippen LogP contribution in [-0.2, 0) is 16.1 Å². The Balaban J connectivity index is 1.39. The van der Waals surface area contributed by atoms with Gasteiger partial charge in [0.1, 0.15) is 6.54 Å². The van der Waals surface area contributed by atoms with Gasteiger partial charge in [0.05, 0.1) is 10.6 Å². The predicted molar refractivity (Wildman–Crippen MR) is 135 cm³/mol. The summed E-state index contributed by atoms with van der Waals surface area (Å²) in [5, 5.41) is 2.96. The zero-order valence-corrected chi connectivity index (χ0v) is 19.4. The maximum Gasteiger partial charge on any atom is 0.265 e. The topological polar surface area (TPSA) is 52.7 Å². The number of fused-ring (bicyclic) bond motifs is 1. The van der Waals surface area contributed by atoms with Crippen LogP contribution in [0.5, 0.6) is 0 Å². The van der Waals surface area contributed by atoms with Crippen molar-refractivity contribution in [3.05, 3.63) is 101 Å². The van der Waals surface area contributed by atoms with E-state index < -0.39 is 0 Å². The van der Waals surface area contributed by atoms with Crippen LogP contribution in [0, 0.1) is 0 Å². The van der Waals surface area contributed by atoms with Gasteiger partial charge in [0.25, 0.3) is 5.91 Å². The highest BCUT2D eigenvalue weighted by Gasteiger charge is 2.30. The van der Waals surface area contributed by atoms with E-state index in [-0.39, 0.29) is 18.4 Å². The number of carbonyl (C=O) groups is 2. The minimum Gasteiger partial charge on any atom is -0.353 e. The van der Waals surface area contributed by atoms with Gasteiger partial charge in [-0.3, -0.25) is 14.5 Å². The number of amides is 2. The molecule has 0 saturated heterocycles. The molecule has 33 heavy (non-hydrogen) atoms. The molecule has 0 saturated carbocycles. The van der Waals surface area contributed by atoms with Gasteiger partial charge in [0.15, 0.2) is 0 Å². The Bertz CT molecular complexity index is 1130. The summed E-state index contributed by atoms with van der Waals surface area (Å²) >= 11 is 1.44. The molecule has 6 heteroatoms. The van der Waals surface area contributed by atoms with Crippen LogP contribution in [0.1, 0.15) is 11.1 Å². The van der Waals surface area contributed by atoms with Crippen LogP contribution in [0.15, 0.2) is 94.7 Å². The van der Waals surface area contributed by atoms with Gasteiger partial charge in [-0.1, -0.05) is 84.6 Å². The first-order valence-electron chi connectivity index (χ1n) is 10.9. The normalized spacial score (nSPS) is 14.4. The van der Waals surface area contributed by atoms with E-state index in [1.165, 1.54) is 17.3 Å². The second-order valence-electron chi connectivity index (χ2n) is 7.95. The highest BCUT2D eigenvalue weighted by molar-refractivity contribution is 8.04. The molecule has 0 radical (unpaired) electrons. The molecule has 1 aliphatic heterocycles. The molecule has 1 heterocycles. The fourth-order valence-electron chi connectivity index (χ4n) is 3.68. The molecule has 0 unspecified atom stereocenters. The van der Waals surface area contributed by atoms with E-state index in [2.05, 4.69) is 22.3 Å². The van der Waals surface area contributed by atoms with Gasteiger partial charge in [-0.25, -0.2) is 0 Å². The zero-order chi connectivity index (χ0) is 23.0. The van der Waals surface area contributed by atoms with Crippen LogP contribution in [0.25, 0.3) is 6.08 Å². The third-order valence-corrected chi connectivity index (χ3v) is 6.42. The number of rotatable bonds is 8. The molecule has 0 atom stereocenters. The summed E-state index contributed by atoms with van der Waals surface area (Å²) in [6.45, 7) is 2.05. The lowest BCUT2D eigenvalue weighted by molar-refractivity contribution is -0.122. The molecule has 3 aromatic carbocycles. The molecule has 2 amide bonds. The lowest BCUT2D eigenvalue weighted by Gasteiger charge is -2.30. The van der Waals surface area contributed by atoms with Gasteiger partial charge in [-0.15, -0.1) is 0 Å². The Labute approximate surface area is 199 Å². The summed E-state index contributed by atoms with van der Waals surface area (Å²) < 4.78 is 0. The van der Waals surface area contributed by atoms with Gasteiger partial charge in [-0.2, -0.15) is 0 Å². The van der Waals surface area contributed by atoms with E-state index in [4.69, 9.17) is 0 Å². The lowest BCUT2D eigenvalue weighted by Crippen LogP contribution is -2.44. The van der Waals surface area contributed by atoms with E-state index in [9.17, 15) is 9.59 Å². The van der Waals surface area contributed by atoms with Crippen LogP contribution in [0.2, 0.25) is 0 Å². The second kappa shape index (κ2) is 11.0. The summed E-state index contributed by atoms with van der Waals surface area (Å²) in [5.74, 6) is -0.323. The number of nitrogens with one attached hydrogen (secondary N) is 1. The number of hydrogen-bond acceptors (Lipinski definition) is 4. The molecule has 168 valence electrons. The van der Waals surface area contributed by atoms with Gasteiger partial charge >= 0.3 is 0 Å². The minimum atomic E-state index is -0.169. The van der Waals surface area contributed by atoms with Crippen molar-refractivity contribution in [3.63, 3.8) is 0 Å². The molecule has 1 N–H and O–H groups in total. The SMILES string of the molecule is CN(CCNC(=O)CN1C(=O)C(=Cc2ccccc2)Sc2ccccc21)Cc1ccccc1. The quantitative estimate of drug-likeness (QED) is 0.509. The maximum atomic E-state index is 13.3. The molecule has 4 rings (SSSR count). The van der Waals surface area contributed by atoms with Crippen molar-refractivity contribution < 1.29 is 9.59 Å². The molecular formula is C27H27N3O2S. The van der Waals surface area contributed by atoms with Gasteiger partial charge in [0, 0.05) is 24.5 Å². The number of benzene rings is 3. The number of para-hydroxylation sites is 1. The average Bonchev–Trinajstić information content (AvgIpc) is 2.83. The number of anilines is 1. The standard InChI is InChI=1S/C27H27N3O2S/c1-29(19-22-12-6-3-7-13-22)17-16-28-26(31)20-30-23-14-8-9-15-24(23)33-25(27(30)32)18-21-10-4-2-5-11-21/h2-15,18H,16-17,19-20H2,1H3,(H,28,31). The van der Waals surface area contributed by atoms with Gasteiger partial charge in [0.2, 0.25) is 5.91 Å². The fraction of sp³-hybridized carbons (Fsp3) is 0.185. The summed E-state index contributed by atoms with van der Waals surface area (Å²) in [6.07, 6.45) is 1.88. The lowest BCUT2D eigenvalue weighted by atomic mass is 10.2. The molecule has 3 aromatic rings. The minimum absolute atomic E-state index is 0.00899. The van der Waals surface area contributed by atoms with Crippen molar-refractivity contribution in [2.75, 3.05) is 31.6 Å². The maximum absolute atomic E-state index is 13.3. The van der Waals surface area contributed by atoms with E-state index >= 15 is 0 Å². The third-order valence-electron chi connectivity index (χ3n) is 5.34. The van der Waals surface area contributed by atoms with E-state index in [1.54, 1.807) is 4.90 Å².